The number of hydrazine groups is 1. The van der Waals surface area contributed by atoms with Crippen molar-refractivity contribution in [3.05, 3.63) is 0 Å². The number of nitrogens with zero attached hydrogens (tertiary/aromatic N) is 3. The summed E-state index contributed by atoms with van der Waals surface area (Å²) in [6.07, 6.45) is 3.99. The molecule has 2 saturated heterocycles. The van der Waals surface area contributed by atoms with Gasteiger partial charge >= 0.3 is 13.6 Å². The monoisotopic (exact) mass is 391 g/mol. The quantitative estimate of drug-likeness (QED) is 0.466. The molecule has 0 saturated carbocycles. The Morgan fingerprint density at radius 3 is 2.24 bits per heavy atom. The molecule has 7 nitrogen and oxygen atoms in total. The fourth-order valence-electron chi connectivity index (χ4n) is 3.33. The maximum atomic E-state index is 12.8. The molecule has 2 heterocycles. The zero-order valence-electron chi connectivity index (χ0n) is 15.7. The van der Waals surface area contributed by atoms with Crippen LogP contribution >= 0.6 is 19.8 Å². The molecule has 2 aliphatic rings. The van der Waals surface area contributed by atoms with Crippen molar-refractivity contribution in [1.82, 2.24) is 14.9 Å². The van der Waals surface area contributed by atoms with E-state index in [0.29, 0.717) is 24.6 Å². The summed E-state index contributed by atoms with van der Waals surface area (Å²) in [5.74, 6) is 0. The highest BCUT2D eigenvalue weighted by molar-refractivity contribution is 7.80. The molecular formula is C16H30N3O4PS. The predicted octanol–water partition coefficient (Wildman–Crippen LogP) is 3.50. The minimum absolute atomic E-state index is 0.114. The van der Waals surface area contributed by atoms with Gasteiger partial charge in [-0.25, -0.2) is 14.8 Å². The maximum Gasteiger partial charge on any atom is 0.340 e. The number of carbonyl (C=O) groups is 1. The van der Waals surface area contributed by atoms with Crippen molar-refractivity contribution in [1.29, 1.82) is 0 Å². The van der Waals surface area contributed by atoms with Gasteiger partial charge in [0.05, 0.1) is 24.9 Å². The van der Waals surface area contributed by atoms with Gasteiger partial charge in [-0.2, -0.15) is 0 Å². The summed E-state index contributed by atoms with van der Waals surface area (Å²) in [5, 5.41) is 3.68. The molecule has 1 unspecified atom stereocenters. The van der Waals surface area contributed by atoms with Gasteiger partial charge in [0.1, 0.15) is 4.99 Å². The summed E-state index contributed by atoms with van der Waals surface area (Å²) in [6.45, 7) is 7.85. The lowest BCUT2D eigenvalue weighted by molar-refractivity contribution is 0.0558. The number of rotatable bonds is 8. The van der Waals surface area contributed by atoms with Crippen LogP contribution in [0.5, 0.6) is 0 Å². The van der Waals surface area contributed by atoms with E-state index in [4.69, 9.17) is 21.3 Å². The Bertz CT molecular complexity index is 545. The molecule has 144 valence electrons. The Kier molecular flexibility index (Phi) is 7.01. The smallest absolute Gasteiger partial charge is 0.314 e. The second kappa shape index (κ2) is 8.44. The Labute approximate surface area is 156 Å². The Morgan fingerprint density at radius 1 is 1.16 bits per heavy atom. The molecule has 2 aliphatic heterocycles. The Hall–Kier alpha value is -0.530. The molecule has 0 N–H and O–H groups in total. The molecule has 2 rings (SSSR count). The number of urea groups is 1. The Morgan fingerprint density at radius 2 is 1.72 bits per heavy atom. The number of hydrogen-bond donors (Lipinski definition) is 0. The van der Waals surface area contributed by atoms with E-state index in [1.165, 1.54) is 6.42 Å². The molecule has 0 bridgehead atoms. The van der Waals surface area contributed by atoms with Crippen molar-refractivity contribution < 1.29 is 18.4 Å². The van der Waals surface area contributed by atoms with Crippen molar-refractivity contribution in [2.24, 2.45) is 0 Å². The van der Waals surface area contributed by atoms with Gasteiger partial charge in [0.15, 0.2) is 0 Å². The van der Waals surface area contributed by atoms with Crippen molar-refractivity contribution >= 4 is 30.8 Å². The Balaban J connectivity index is 2.14. The molecule has 0 aromatic heterocycles. The molecule has 0 radical (unpaired) electrons. The average molecular weight is 391 g/mol. The highest BCUT2D eigenvalue weighted by atomic mass is 32.1. The van der Waals surface area contributed by atoms with E-state index in [9.17, 15) is 9.36 Å². The molecule has 2 fully saturated rings. The summed E-state index contributed by atoms with van der Waals surface area (Å²) < 4.78 is 23.5. The third-order valence-electron chi connectivity index (χ3n) is 5.00. The van der Waals surface area contributed by atoms with Gasteiger partial charge in [0.2, 0.25) is 0 Å². The van der Waals surface area contributed by atoms with Gasteiger partial charge in [-0.1, -0.05) is 18.6 Å². The number of thiocarbonyl (C=S) groups is 1. The number of amides is 2. The lowest BCUT2D eigenvalue weighted by atomic mass is 9.99. The number of hydrogen-bond acceptors (Lipinski definition) is 6. The molecule has 2 amide bonds. The second-order valence-electron chi connectivity index (χ2n) is 6.67. The molecule has 0 spiro atoms. The van der Waals surface area contributed by atoms with E-state index >= 15 is 0 Å². The van der Waals surface area contributed by atoms with E-state index in [1.54, 1.807) is 30.8 Å². The van der Waals surface area contributed by atoms with Crippen molar-refractivity contribution in [3.63, 3.8) is 0 Å². The summed E-state index contributed by atoms with van der Waals surface area (Å²) in [4.78, 5) is 15.0. The van der Waals surface area contributed by atoms with Gasteiger partial charge in [-0.3, -0.25) is 4.57 Å². The molecule has 0 aliphatic carbocycles. The lowest BCUT2D eigenvalue weighted by Gasteiger charge is -2.35. The third-order valence-corrected chi connectivity index (χ3v) is 7.69. The van der Waals surface area contributed by atoms with Crippen LogP contribution < -0.4 is 0 Å². The van der Waals surface area contributed by atoms with Gasteiger partial charge in [0, 0.05) is 20.1 Å². The van der Waals surface area contributed by atoms with Crippen LogP contribution in [0.3, 0.4) is 0 Å². The molecule has 9 heteroatoms. The second-order valence-corrected chi connectivity index (χ2v) is 9.24. The van der Waals surface area contributed by atoms with Crippen LogP contribution in [0.25, 0.3) is 0 Å². The van der Waals surface area contributed by atoms with Crippen molar-refractivity contribution in [3.8, 4) is 0 Å². The van der Waals surface area contributed by atoms with Gasteiger partial charge in [-0.05, 0) is 40.0 Å². The first-order valence-electron chi connectivity index (χ1n) is 9.04. The molecule has 1 atom stereocenters. The number of piperidine rings is 1. The molecular weight excluding hydrogens is 361 g/mol. The third kappa shape index (κ3) is 4.25. The fraction of sp³-hybridized carbons (Fsp3) is 0.875. The maximum absolute atomic E-state index is 12.8. The van der Waals surface area contributed by atoms with Crippen LogP contribution in [0.1, 0.15) is 46.5 Å². The predicted molar refractivity (Wildman–Crippen MR) is 102 cm³/mol. The summed E-state index contributed by atoms with van der Waals surface area (Å²) in [5.41, 5.74) is -0.673. The first kappa shape index (κ1) is 20.8. The minimum Gasteiger partial charge on any atom is -0.314 e. The van der Waals surface area contributed by atoms with E-state index in [0.717, 1.165) is 25.9 Å². The van der Waals surface area contributed by atoms with Crippen LogP contribution in [-0.4, -0.2) is 71.0 Å². The van der Waals surface area contributed by atoms with Gasteiger partial charge < -0.3 is 13.9 Å². The van der Waals surface area contributed by atoms with Gasteiger partial charge in [-0.15, -0.1) is 0 Å². The first-order chi connectivity index (χ1) is 11.8. The summed E-state index contributed by atoms with van der Waals surface area (Å²) in [6, 6.07) is -0.114. The first-order valence-corrected chi connectivity index (χ1v) is 11.2. The van der Waals surface area contributed by atoms with Crippen LogP contribution in [0.2, 0.25) is 0 Å². The summed E-state index contributed by atoms with van der Waals surface area (Å²) in [7, 11) is -1.41. The molecule has 0 aromatic carbocycles. The van der Waals surface area contributed by atoms with Crippen LogP contribution in [0.4, 0.5) is 4.79 Å². The van der Waals surface area contributed by atoms with Crippen LogP contribution in [0, 0.1) is 0 Å². The SMILES string of the molecule is CCOP(=O)(CCC1(C)C(=S)N(N2CCCCC2)C(=O)N1C)OCC. The van der Waals surface area contributed by atoms with Gasteiger partial charge in [0.25, 0.3) is 0 Å². The largest absolute Gasteiger partial charge is 0.340 e. The highest BCUT2D eigenvalue weighted by Gasteiger charge is 2.52. The van der Waals surface area contributed by atoms with E-state index in [1.807, 2.05) is 11.9 Å². The summed E-state index contributed by atoms with van der Waals surface area (Å²) >= 11 is 5.68. The molecule has 25 heavy (non-hydrogen) atoms. The topological polar surface area (TPSA) is 62.3 Å². The normalized spacial score (nSPS) is 25.9. The van der Waals surface area contributed by atoms with E-state index in [-0.39, 0.29) is 12.2 Å². The van der Waals surface area contributed by atoms with E-state index in [2.05, 4.69) is 0 Å². The zero-order chi connectivity index (χ0) is 18.7. The lowest BCUT2D eigenvalue weighted by Crippen LogP contribution is -2.50. The number of likely N-dealkylation sites (N-methyl/N-ethyl adjacent to an activating group) is 1. The number of carbonyl (C=O) groups excluding carboxylic acids is 1. The average Bonchev–Trinajstić information content (AvgIpc) is 2.76. The standard InChI is InChI=1S/C16H30N3O4PS/c1-5-22-24(21,23-6-2)13-10-16(3)14(25)19(15(20)17(16)4)18-11-8-7-9-12-18/h5-13H2,1-4H3. The highest BCUT2D eigenvalue weighted by Crippen LogP contribution is 2.50. The van der Waals surface area contributed by atoms with Crippen molar-refractivity contribution in [2.75, 3.05) is 39.5 Å². The fourth-order valence-corrected chi connectivity index (χ4v) is 5.59. The zero-order valence-corrected chi connectivity index (χ0v) is 17.4. The van der Waals surface area contributed by atoms with Crippen LogP contribution in [0.15, 0.2) is 0 Å². The van der Waals surface area contributed by atoms with Crippen LogP contribution in [-0.2, 0) is 13.6 Å². The minimum atomic E-state index is -3.17. The van der Waals surface area contributed by atoms with Crippen molar-refractivity contribution in [2.45, 2.75) is 52.0 Å². The van der Waals surface area contributed by atoms with E-state index < -0.39 is 13.1 Å². The molecule has 0 aromatic rings.